The molecule has 1 aromatic heterocycles. The number of carbonyl (C=O) groups is 5. The summed E-state index contributed by atoms with van der Waals surface area (Å²) in [6, 6.07) is 6.88. The molecule has 7 rings (SSSR count). The Morgan fingerprint density at radius 3 is 2.35 bits per heavy atom. The van der Waals surface area contributed by atoms with Crippen molar-refractivity contribution in [1.29, 1.82) is 0 Å². The van der Waals surface area contributed by atoms with Crippen LogP contribution in [0.2, 0.25) is 5.02 Å². The number of rotatable bonds is 6. The number of benzene rings is 2. The molecule has 3 aliphatic heterocycles. The average Bonchev–Trinajstić information content (AvgIpc) is 3.60. The van der Waals surface area contributed by atoms with Gasteiger partial charge in [0.25, 0.3) is 17.7 Å². The average molecular weight is 683 g/mol. The van der Waals surface area contributed by atoms with Crippen molar-refractivity contribution in [3.8, 4) is 0 Å². The summed E-state index contributed by atoms with van der Waals surface area (Å²) in [5.41, 5.74) is 0.431. The summed E-state index contributed by atoms with van der Waals surface area (Å²) < 4.78 is 40.8. The third-order valence-corrected chi connectivity index (χ3v) is 10.3. The van der Waals surface area contributed by atoms with Crippen LogP contribution in [0.5, 0.6) is 0 Å². The van der Waals surface area contributed by atoms with E-state index in [9.17, 15) is 37.1 Å². The quantitative estimate of drug-likeness (QED) is 0.355. The summed E-state index contributed by atoms with van der Waals surface area (Å²) in [4.78, 5) is 66.8. The molecular weight excluding hydrogens is 653 g/mol. The van der Waals surface area contributed by atoms with E-state index in [1.54, 1.807) is 29.1 Å². The highest BCUT2D eigenvalue weighted by Gasteiger charge is 2.48. The van der Waals surface area contributed by atoms with E-state index in [0.717, 1.165) is 53.6 Å². The molecule has 5 amide bonds. The van der Waals surface area contributed by atoms with Crippen LogP contribution in [-0.2, 0) is 26.1 Å². The predicted octanol–water partition coefficient (Wildman–Crippen LogP) is 4.86. The lowest BCUT2D eigenvalue weighted by atomic mass is 9.76. The van der Waals surface area contributed by atoms with Crippen molar-refractivity contribution in [3.05, 3.63) is 76.1 Å². The fraction of sp³-hybridized carbons (Fsp3) is 0.394. The molecule has 3 fully saturated rings. The van der Waals surface area contributed by atoms with Gasteiger partial charge in [-0.15, -0.1) is 0 Å². The standard InChI is InChI=1S/C33H30ClF3N6O5/c34-24-14-20(33(35,36)37)2-5-25(24)39-31(48)32(10-1-11-32)42-17-19(16-38-42)18-8-12-41(13-9-18)21-3-4-22-23(15-21)30(47)43(29(22)46)26-6-7-27(44)40-28(26)45/h2-5,14-18,26H,1,6-13H2,(H,39,48)(H,40,44,45). The zero-order valence-electron chi connectivity index (χ0n) is 25.5. The molecule has 11 nitrogen and oxygen atoms in total. The summed E-state index contributed by atoms with van der Waals surface area (Å²) >= 11 is 6.09. The van der Waals surface area contributed by atoms with Crippen LogP contribution in [-0.4, -0.2) is 63.3 Å². The highest BCUT2D eigenvalue weighted by Crippen LogP contribution is 2.42. The van der Waals surface area contributed by atoms with Crippen molar-refractivity contribution in [2.45, 2.75) is 68.6 Å². The smallest absolute Gasteiger partial charge is 0.371 e. The monoisotopic (exact) mass is 682 g/mol. The Balaban J connectivity index is 1.01. The van der Waals surface area contributed by atoms with Crippen LogP contribution in [0.25, 0.3) is 0 Å². The molecule has 2 aromatic carbocycles. The van der Waals surface area contributed by atoms with Gasteiger partial charge in [-0.1, -0.05) is 11.6 Å². The number of anilines is 2. The maximum atomic E-state index is 13.5. The number of piperidine rings is 2. The summed E-state index contributed by atoms with van der Waals surface area (Å²) in [7, 11) is 0. The van der Waals surface area contributed by atoms with E-state index in [4.69, 9.17) is 11.6 Å². The van der Waals surface area contributed by atoms with Gasteiger partial charge in [-0.05, 0) is 86.4 Å². The number of halogens is 4. The molecular formula is C33H30ClF3N6O5. The molecule has 4 aliphatic rings. The summed E-state index contributed by atoms with van der Waals surface area (Å²) in [5.74, 6) is -2.42. The first-order valence-electron chi connectivity index (χ1n) is 15.7. The fourth-order valence-electron chi connectivity index (χ4n) is 7.01. The lowest BCUT2D eigenvalue weighted by Crippen LogP contribution is -2.54. The maximum Gasteiger partial charge on any atom is 0.416 e. The van der Waals surface area contributed by atoms with Gasteiger partial charge >= 0.3 is 6.18 Å². The Morgan fingerprint density at radius 2 is 1.71 bits per heavy atom. The minimum Gasteiger partial charge on any atom is -0.371 e. The maximum absolute atomic E-state index is 13.5. The summed E-state index contributed by atoms with van der Waals surface area (Å²) in [6.07, 6.45) is 2.58. The molecule has 1 unspecified atom stereocenters. The van der Waals surface area contributed by atoms with E-state index in [-0.39, 0.29) is 46.5 Å². The summed E-state index contributed by atoms with van der Waals surface area (Å²) in [5, 5.41) is 9.25. The predicted molar refractivity (Wildman–Crippen MR) is 166 cm³/mol. The lowest BCUT2D eigenvalue weighted by molar-refractivity contribution is -0.138. The summed E-state index contributed by atoms with van der Waals surface area (Å²) in [6.45, 7) is 1.32. The SMILES string of the molecule is O=C1CCC(N2C(=O)c3ccc(N4CCC(c5cnn(C6(C(=O)Nc7ccc(C(F)(F)F)cc7Cl)CCC6)c5)CC4)cc3C2=O)C(=O)N1. The normalized spacial score (nSPS) is 21.2. The Morgan fingerprint density at radius 1 is 0.979 bits per heavy atom. The van der Waals surface area contributed by atoms with Crippen molar-refractivity contribution in [2.24, 2.45) is 0 Å². The number of aromatic nitrogens is 2. The first-order valence-corrected chi connectivity index (χ1v) is 16.1. The molecule has 1 saturated carbocycles. The second-order valence-corrected chi connectivity index (χ2v) is 13.1. The highest BCUT2D eigenvalue weighted by molar-refractivity contribution is 6.33. The molecule has 3 aromatic rings. The number of hydrogen-bond donors (Lipinski definition) is 2. The molecule has 48 heavy (non-hydrogen) atoms. The van der Waals surface area contributed by atoms with Crippen LogP contribution >= 0.6 is 11.6 Å². The van der Waals surface area contributed by atoms with Crippen LogP contribution < -0.4 is 15.5 Å². The number of fused-ring (bicyclic) bond motifs is 1. The molecule has 2 saturated heterocycles. The van der Waals surface area contributed by atoms with Gasteiger partial charge in [0.1, 0.15) is 11.6 Å². The van der Waals surface area contributed by atoms with E-state index < -0.39 is 46.9 Å². The number of hydrogen-bond acceptors (Lipinski definition) is 7. The van der Waals surface area contributed by atoms with Gasteiger partial charge in [0.2, 0.25) is 11.8 Å². The zero-order chi connectivity index (χ0) is 34.0. The van der Waals surface area contributed by atoms with Crippen molar-refractivity contribution in [1.82, 2.24) is 20.0 Å². The van der Waals surface area contributed by atoms with Gasteiger partial charge < -0.3 is 10.2 Å². The van der Waals surface area contributed by atoms with E-state index in [2.05, 4.69) is 20.6 Å². The fourth-order valence-corrected chi connectivity index (χ4v) is 7.24. The molecule has 0 spiro atoms. The molecule has 1 atom stereocenters. The third-order valence-electron chi connectivity index (χ3n) is 9.94. The Hall–Kier alpha value is -4.72. The number of imide groups is 2. The molecule has 15 heteroatoms. The van der Waals surface area contributed by atoms with E-state index in [1.165, 1.54) is 0 Å². The topological polar surface area (TPSA) is 134 Å². The molecule has 4 heterocycles. The van der Waals surface area contributed by atoms with Crippen LogP contribution in [0.15, 0.2) is 48.8 Å². The number of alkyl halides is 3. The third kappa shape index (κ3) is 5.41. The van der Waals surface area contributed by atoms with E-state index in [1.807, 2.05) is 6.20 Å². The Kier molecular flexibility index (Phi) is 7.80. The Labute approximate surface area is 277 Å². The second kappa shape index (κ2) is 11.8. The highest BCUT2D eigenvalue weighted by atomic mass is 35.5. The van der Waals surface area contributed by atoms with Gasteiger partial charge in [-0.3, -0.25) is 38.9 Å². The number of nitrogens with one attached hydrogen (secondary N) is 2. The van der Waals surface area contributed by atoms with E-state index >= 15 is 0 Å². The molecule has 2 N–H and O–H groups in total. The Bertz CT molecular complexity index is 1860. The number of amides is 5. The first-order chi connectivity index (χ1) is 22.9. The van der Waals surface area contributed by atoms with Crippen molar-refractivity contribution in [2.75, 3.05) is 23.3 Å². The largest absolute Gasteiger partial charge is 0.416 e. The van der Waals surface area contributed by atoms with Crippen LogP contribution in [0.4, 0.5) is 24.5 Å². The van der Waals surface area contributed by atoms with E-state index in [0.29, 0.717) is 25.9 Å². The van der Waals surface area contributed by atoms with Crippen LogP contribution in [0, 0.1) is 0 Å². The first kappa shape index (κ1) is 31.9. The van der Waals surface area contributed by atoms with Gasteiger partial charge in [0.05, 0.1) is 33.6 Å². The van der Waals surface area contributed by atoms with Crippen molar-refractivity contribution < 1.29 is 37.1 Å². The molecule has 1 aliphatic carbocycles. The number of carbonyl (C=O) groups excluding carboxylic acids is 5. The van der Waals surface area contributed by atoms with Gasteiger partial charge in [-0.25, -0.2) is 0 Å². The van der Waals surface area contributed by atoms with Gasteiger partial charge in [0, 0.05) is 31.4 Å². The molecule has 0 bridgehead atoms. The van der Waals surface area contributed by atoms with Crippen molar-refractivity contribution in [3.63, 3.8) is 0 Å². The number of nitrogens with zero attached hydrogens (tertiary/aromatic N) is 4. The second-order valence-electron chi connectivity index (χ2n) is 12.7. The van der Waals surface area contributed by atoms with Gasteiger partial charge in [0.15, 0.2) is 0 Å². The zero-order valence-corrected chi connectivity index (χ0v) is 26.2. The lowest BCUT2D eigenvalue weighted by Gasteiger charge is -2.40. The molecule has 0 radical (unpaired) electrons. The minimum atomic E-state index is -4.55. The van der Waals surface area contributed by atoms with Crippen LogP contribution in [0.3, 0.4) is 0 Å². The molecule has 250 valence electrons. The minimum absolute atomic E-state index is 0.0503. The van der Waals surface area contributed by atoms with Crippen molar-refractivity contribution >= 4 is 52.5 Å². The van der Waals surface area contributed by atoms with Crippen LogP contribution in [0.1, 0.15) is 82.7 Å². The van der Waals surface area contributed by atoms with Gasteiger partial charge in [-0.2, -0.15) is 18.3 Å².